The topological polar surface area (TPSA) is 82.1 Å². The van der Waals surface area contributed by atoms with Crippen molar-refractivity contribution in [1.82, 2.24) is 18.7 Å². The van der Waals surface area contributed by atoms with Crippen LogP contribution in [0.4, 0.5) is 0 Å². The van der Waals surface area contributed by atoms with Crippen LogP contribution in [0.25, 0.3) is 11.2 Å². The molecule has 0 aliphatic heterocycles. The summed E-state index contributed by atoms with van der Waals surface area (Å²) in [6.07, 6.45) is -2.91. The van der Waals surface area contributed by atoms with Gasteiger partial charge in [0.1, 0.15) is 0 Å². The molecule has 19 heavy (non-hydrogen) atoms. The average Bonchev–Trinajstić information content (AvgIpc) is 2.92. The minimum atomic E-state index is -3.18. The molecule has 0 saturated carbocycles. The molecule has 0 saturated heterocycles. The maximum absolute atomic E-state index is 12.7. The van der Waals surface area contributed by atoms with Gasteiger partial charge in [0.2, 0.25) is 0 Å². The molecule has 0 bridgehead atoms. The second-order valence-electron chi connectivity index (χ2n) is 3.75. The van der Waals surface area contributed by atoms with Crippen molar-refractivity contribution in [3.05, 3.63) is 27.2 Å². The standard InChI is InChI=1S/C12H18N4O3/c1-14-8-13-10-9(14)11(18)16(12(19)15(10)2)6-4-3-5-7-17/h8,17H,3-7H2,1-2H3/i1D3,2D3,5D2,7D2. The minimum absolute atomic E-state index is 0.200. The first kappa shape index (κ1) is 5.62. The van der Waals surface area contributed by atoms with Crippen molar-refractivity contribution in [1.29, 1.82) is 0 Å². The van der Waals surface area contributed by atoms with E-state index >= 15 is 0 Å². The van der Waals surface area contributed by atoms with Crippen LogP contribution in [0.2, 0.25) is 0 Å². The summed E-state index contributed by atoms with van der Waals surface area (Å²) in [6.45, 7) is -9.69. The molecule has 0 aliphatic rings. The van der Waals surface area contributed by atoms with Crippen molar-refractivity contribution in [2.45, 2.75) is 25.8 Å². The van der Waals surface area contributed by atoms with E-state index in [1.165, 1.54) is 0 Å². The van der Waals surface area contributed by atoms with E-state index in [0.717, 1.165) is 6.33 Å². The molecule has 0 aliphatic carbocycles. The maximum atomic E-state index is 12.7. The van der Waals surface area contributed by atoms with Gasteiger partial charge in [0, 0.05) is 38.0 Å². The second-order valence-corrected chi connectivity index (χ2v) is 3.75. The molecule has 0 atom stereocenters. The molecule has 2 aromatic rings. The van der Waals surface area contributed by atoms with Gasteiger partial charge in [-0.05, 0) is 19.2 Å². The van der Waals surface area contributed by atoms with E-state index in [1.54, 1.807) is 0 Å². The van der Waals surface area contributed by atoms with Crippen molar-refractivity contribution >= 4 is 11.2 Å². The Bertz CT molecular complexity index is 1020. The number of fused-ring (bicyclic) bond motifs is 1. The summed E-state index contributed by atoms with van der Waals surface area (Å²) in [5, 5.41) is 9.22. The molecule has 2 aromatic heterocycles. The summed E-state index contributed by atoms with van der Waals surface area (Å²) >= 11 is 0. The monoisotopic (exact) mass is 276 g/mol. The van der Waals surface area contributed by atoms with Crippen LogP contribution >= 0.6 is 0 Å². The van der Waals surface area contributed by atoms with Crippen molar-refractivity contribution in [2.24, 2.45) is 14.0 Å². The fourth-order valence-corrected chi connectivity index (χ4v) is 1.71. The molecular formula is C12H18N4O3. The Labute approximate surface area is 123 Å². The number of hydrogen-bond acceptors (Lipinski definition) is 4. The first-order chi connectivity index (χ1) is 12.9. The SMILES string of the molecule is [2H]C([2H])([2H])n1cnc2c1c(=O)n(CCCC([2H])([2H])C([2H])([2H])O)c(=O)n2C([2H])([2H])[2H]. The highest BCUT2D eigenvalue weighted by atomic mass is 16.3. The third-order valence-corrected chi connectivity index (χ3v) is 2.59. The van der Waals surface area contributed by atoms with Crippen LogP contribution < -0.4 is 11.2 Å². The van der Waals surface area contributed by atoms with Gasteiger partial charge in [0.05, 0.1) is 9.07 Å². The van der Waals surface area contributed by atoms with E-state index in [1.807, 2.05) is 0 Å². The number of hydrogen-bond donors (Lipinski definition) is 1. The molecule has 0 fully saturated rings. The summed E-state index contributed by atoms with van der Waals surface area (Å²) in [7, 11) is 0. The van der Waals surface area contributed by atoms with Gasteiger partial charge in [-0.2, -0.15) is 0 Å². The minimum Gasteiger partial charge on any atom is -0.396 e. The van der Waals surface area contributed by atoms with Crippen molar-refractivity contribution in [3.8, 4) is 0 Å². The lowest BCUT2D eigenvalue weighted by atomic mass is 10.2. The highest BCUT2D eigenvalue weighted by molar-refractivity contribution is 5.69. The molecule has 0 amide bonds. The summed E-state index contributed by atoms with van der Waals surface area (Å²) < 4.78 is 75.3. The Morgan fingerprint density at radius 3 is 2.95 bits per heavy atom. The van der Waals surface area contributed by atoms with Gasteiger partial charge in [-0.3, -0.25) is 13.9 Å². The Hall–Kier alpha value is -1.89. The molecule has 0 radical (unpaired) electrons. The van der Waals surface area contributed by atoms with Crippen molar-refractivity contribution in [2.75, 3.05) is 6.56 Å². The lowest BCUT2D eigenvalue weighted by Gasteiger charge is -2.08. The number of aryl methyl sites for hydroxylation is 2. The Morgan fingerprint density at radius 1 is 1.42 bits per heavy atom. The summed E-state index contributed by atoms with van der Waals surface area (Å²) in [4.78, 5) is 29.0. The lowest BCUT2D eigenvalue weighted by Crippen LogP contribution is -2.39. The Kier molecular flexibility index (Phi) is 1.60. The van der Waals surface area contributed by atoms with Crippen LogP contribution in [0.15, 0.2) is 15.9 Å². The molecular weight excluding hydrogens is 248 g/mol. The smallest absolute Gasteiger partial charge is 0.332 e. The second kappa shape index (κ2) is 5.40. The van der Waals surface area contributed by atoms with Crippen molar-refractivity contribution in [3.63, 3.8) is 0 Å². The van der Waals surface area contributed by atoms with Gasteiger partial charge in [0.15, 0.2) is 11.2 Å². The molecule has 2 rings (SSSR count). The summed E-state index contributed by atoms with van der Waals surface area (Å²) in [6, 6.07) is 0. The van der Waals surface area contributed by atoms with Gasteiger partial charge in [-0.1, -0.05) is 0 Å². The van der Waals surface area contributed by atoms with E-state index < -0.39 is 62.3 Å². The summed E-state index contributed by atoms with van der Waals surface area (Å²) in [5.74, 6) is 0. The molecule has 0 unspecified atom stereocenters. The fourth-order valence-electron chi connectivity index (χ4n) is 1.71. The molecule has 0 aromatic carbocycles. The number of aromatic nitrogens is 4. The predicted molar refractivity (Wildman–Crippen MR) is 71.2 cm³/mol. The van der Waals surface area contributed by atoms with E-state index in [-0.39, 0.29) is 11.0 Å². The van der Waals surface area contributed by atoms with Crippen LogP contribution in [0.3, 0.4) is 0 Å². The first-order valence-electron chi connectivity index (χ1n) is 10.4. The van der Waals surface area contributed by atoms with Crippen LogP contribution in [0.5, 0.6) is 0 Å². The first-order valence-corrected chi connectivity index (χ1v) is 5.36. The van der Waals surface area contributed by atoms with E-state index in [2.05, 4.69) is 4.98 Å². The number of rotatable bonds is 5. The largest absolute Gasteiger partial charge is 0.396 e. The molecule has 0 spiro atoms. The Morgan fingerprint density at radius 2 is 2.26 bits per heavy atom. The third kappa shape index (κ3) is 2.33. The van der Waals surface area contributed by atoms with Crippen LogP contribution in [0.1, 0.15) is 32.9 Å². The zero-order valence-electron chi connectivity index (χ0n) is 19.8. The maximum Gasteiger partial charge on any atom is 0.332 e. The zero-order valence-corrected chi connectivity index (χ0v) is 9.75. The number of aliphatic hydroxyl groups is 1. The molecule has 1 N–H and O–H groups in total. The highest BCUT2D eigenvalue weighted by Crippen LogP contribution is 2.03. The van der Waals surface area contributed by atoms with Gasteiger partial charge in [0.25, 0.3) is 5.56 Å². The summed E-state index contributed by atoms with van der Waals surface area (Å²) in [5.41, 5.74) is -3.70. The van der Waals surface area contributed by atoms with Gasteiger partial charge in [-0.25, -0.2) is 9.78 Å². The number of imidazole rings is 1. The third-order valence-electron chi connectivity index (χ3n) is 2.59. The average molecular weight is 276 g/mol. The highest BCUT2D eigenvalue weighted by Gasteiger charge is 2.14. The Balaban J connectivity index is 2.64. The van der Waals surface area contributed by atoms with E-state index in [4.69, 9.17) is 13.7 Å². The van der Waals surface area contributed by atoms with Gasteiger partial charge >= 0.3 is 5.69 Å². The molecule has 7 nitrogen and oxygen atoms in total. The van der Waals surface area contributed by atoms with Crippen molar-refractivity contribution < 1.29 is 18.8 Å². The zero-order chi connectivity index (χ0) is 22.6. The molecule has 7 heteroatoms. The van der Waals surface area contributed by atoms with Gasteiger partial charge < -0.3 is 9.67 Å². The normalized spacial score (nSPS) is 21.9. The van der Waals surface area contributed by atoms with Gasteiger partial charge in [-0.15, -0.1) is 0 Å². The van der Waals surface area contributed by atoms with Crippen LogP contribution in [-0.4, -0.2) is 30.4 Å². The number of nitrogens with zero attached hydrogens (tertiary/aromatic N) is 4. The molecule has 104 valence electrons. The quantitative estimate of drug-likeness (QED) is 0.805. The van der Waals surface area contributed by atoms with Crippen LogP contribution in [-0.2, 0) is 20.5 Å². The van der Waals surface area contributed by atoms with E-state index in [0.29, 0.717) is 9.13 Å². The van der Waals surface area contributed by atoms with E-state index in [9.17, 15) is 14.7 Å². The predicted octanol–water partition coefficient (Wildman–Crippen LogP) is -0.404. The fraction of sp³-hybridized carbons (Fsp3) is 0.583. The molecule has 2 heterocycles. The van der Waals surface area contributed by atoms with Crippen LogP contribution in [0, 0.1) is 0 Å². The lowest BCUT2D eigenvalue weighted by molar-refractivity contribution is 0.281.